The lowest BCUT2D eigenvalue weighted by Crippen LogP contribution is -2.32. The maximum atomic E-state index is 12.3. The summed E-state index contributed by atoms with van der Waals surface area (Å²) in [6.07, 6.45) is 0.120. The van der Waals surface area contributed by atoms with E-state index in [-0.39, 0.29) is 24.8 Å². The van der Waals surface area contributed by atoms with E-state index in [1.54, 1.807) is 6.07 Å². The average Bonchev–Trinajstić information content (AvgIpc) is 2.90. The minimum atomic E-state index is -0.233. The minimum Gasteiger partial charge on any atom is -0.483 e. The van der Waals surface area contributed by atoms with Gasteiger partial charge in [-0.1, -0.05) is 46.9 Å². The number of para-hydroxylation sites is 3. The predicted molar refractivity (Wildman–Crippen MR) is 121 cm³/mol. The topological polar surface area (TPSA) is 89.0 Å². The highest BCUT2D eigenvalue weighted by Gasteiger charge is 2.19. The lowest BCUT2D eigenvalue weighted by Gasteiger charge is -2.12. The number of ether oxygens (including phenoxy) is 2. The first kappa shape index (κ1) is 21.3. The molecular weight excluding hydrogens is 485 g/mol. The number of nitrogens with one attached hydrogen (secondary N) is 2. The van der Waals surface area contributed by atoms with E-state index in [9.17, 15) is 9.59 Å². The van der Waals surface area contributed by atoms with E-state index in [0.29, 0.717) is 48.2 Å². The van der Waals surface area contributed by atoms with E-state index >= 15 is 0 Å². The molecule has 29 heavy (non-hydrogen) atoms. The van der Waals surface area contributed by atoms with E-state index < -0.39 is 0 Å². The van der Waals surface area contributed by atoms with Gasteiger partial charge in [-0.15, -0.1) is 0 Å². The number of hydrogen-bond donors (Lipinski definition) is 2. The van der Waals surface area contributed by atoms with Crippen molar-refractivity contribution in [3.63, 3.8) is 0 Å². The van der Waals surface area contributed by atoms with Gasteiger partial charge < -0.3 is 20.1 Å². The van der Waals surface area contributed by atoms with Gasteiger partial charge in [0.25, 0.3) is 5.91 Å². The number of hydrogen-bond acceptors (Lipinski definition) is 5. The highest BCUT2D eigenvalue weighted by Crippen LogP contribution is 2.30. The third kappa shape index (κ3) is 6.26. The fourth-order valence-electron chi connectivity index (χ4n) is 2.81. The number of benzene rings is 2. The fourth-order valence-corrected chi connectivity index (χ4v) is 3.12. The van der Waals surface area contributed by atoms with Crippen molar-refractivity contribution in [1.82, 2.24) is 5.32 Å². The molecule has 0 atom stereocenters. The zero-order chi connectivity index (χ0) is 20.5. The number of carbonyl (C=O) groups is 2. The van der Waals surface area contributed by atoms with Crippen LogP contribution in [0.1, 0.15) is 12.0 Å². The highest BCUT2D eigenvalue weighted by atomic mass is 127. The number of fused-ring (bicyclic) bond motifs is 1. The Bertz CT molecular complexity index is 901. The first-order valence-electron chi connectivity index (χ1n) is 9.26. The zero-order valence-corrected chi connectivity index (χ0v) is 18.0. The zero-order valence-electron chi connectivity index (χ0n) is 15.8. The molecule has 3 rings (SSSR count). The normalized spacial score (nSPS) is 13.0. The Balaban J connectivity index is 1.68. The molecular formula is C21H22IN3O4. The molecule has 1 heterocycles. The predicted octanol–water partition coefficient (Wildman–Crippen LogP) is 3.10. The molecule has 8 heteroatoms. The van der Waals surface area contributed by atoms with Crippen molar-refractivity contribution in [2.24, 2.45) is 4.99 Å². The largest absolute Gasteiger partial charge is 0.483 e. The van der Waals surface area contributed by atoms with Crippen molar-refractivity contribution in [1.29, 1.82) is 0 Å². The monoisotopic (exact) mass is 507 g/mol. The van der Waals surface area contributed by atoms with Crippen molar-refractivity contribution in [3.05, 3.63) is 54.1 Å². The summed E-state index contributed by atoms with van der Waals surface area (Å²) in [5.41, 5.74) is 2.65. The number of halogens is 1. The lowest BCUT2D eigenvalue weighted by molar-refractivity contribution is -0.123. The standard InChI is InChI=1S/C21H22IN3O4/c22-9-11-28-12-10-23-21(27)14-29-19-8-4-1-5-15(19)18-13-20(26)25-17-7-3-2-6-16(17)24-18/h1-8H,9-14H2,(H,23,27)(H,25,26). The molecule has 0 aliphatic carbocycles. The van der Waals surface area contributed by atoms with Gasteiger partial charge in [0.15, 0.2) is 6.61 Å². The number of nitrogens with zero attached hydrogens (tertiary/aromatic N) is 1. The molecule has 0 saturated heterocycles. The van der Waals surface area contributed by atoms with Crippen LogP contribution in [0.4, 0.5) is 11.4 Å². The first-order valence-corrected chi connectivity index (χ1v) is 10.8. The maximum Gasteiger partial charge on any atom is 0.258 e. The summed E-state index contributed by atoms with van der Waals surface area (Å²) in [5, 5.41) is 5.61. The van der Waals surface area contributed by atoms with Gasteiger partial charge in [0.1, 0.15) is 5.75 Å². The quantitative estimate of drug-likeness (QED) is 0.310. The van der Waals surface area contributed by atoms with Crippen LogP contribution >= 0.6 is 22.6 Å². The van der Waals surface area contributed by atoms with Crippen LogP contribution in [0.25, 0.3) is 0 Å². The van der Waals surface area contributed by atoms with Crippen LogP contribution in [0.15, 0.2) is 53.5 Å². The molecule has 2 aromatic carbocycles. The summed E-state index contributed by atoms with van der Waals surface area (Å²) in [7, 11) is 0. The summed E-state index contributed by atoms with van der Waals surface area (Å²) in [4.78, 5) is 29.0. The summed E-state index contributed by atoms with van der Waals surface area (Å²) >= 11 is 2.23. The molecule has 2 N–H and O–H groups in total. The molecule has 1 aliphatic heterocycles. The highest BCUT2D eigenvalue weighted by molar-refractivity contribution is 14.1. The van der Waals surface area contributed by atoms with Gasteiger partial charge in [0.2, 0.25) is 5.91 Å². The Morgan fingerprint density at radius 2 is 1.93 bits per heavy atom. The fraction of sp³-hybridized carbons (Fsp3) is 0.286. The van der Waals surface area contributed by atoms with Crippen molar-refractivity contribution >= 4 is 51.5 Å². The molecule has 2 aromatic rings. The van der Waals surface area contributed by atoms with Crippen LogP contribution < -0.4 is 15.4 Å². The lowest BCUT2D eigenvalue weighted by atomic mass is 10.1. The molecule has 2 amide bonds. The molecule has 0 radical (unpaired) electrons. The van der Waals surface area contributed by atoms with Gasteiger partial charge in [-0.05, 0) is 24.3 Å². The Hall–Kier alpha value is -2.46. The average molecular weight is 507 g/mol. The molecule has 0 saturated carbocycles. The smallest absolute Gasteiger partial charge is 0.258 e. The van der Waals surface area contributed by atoms with Gasteiger partial charge in [0, 0.05) is 16.5 Å². The second-order valence-corrected chi connectivity index (χ2v) is 7.32. The summed E-state index contributed by atoms with van der Waals surface area (Å²) in [5.74, 6) is 0.131. The number of anilines is 1. The SMILES string of the molecule is O=C(COc1ccccc1C1=Nc2ccccc2NC(=O)C1)NCCOCCI. The van der Waals surface area contributed by atoms with Crippen LogP contribution in [-0.2, 0) is 14.3 Å². The van der Waals surface area contributed by atoms with Gasteiger partial charge in [0.05, 0.1) is 36.7 Å². The van der Waals surface area contributed by atoms with Crippen LogP contribution in [-0.4, -0.2) is 48.3 Å². The van der Waals surface area contributed by atoms with E-state index in [0.717, 1.165) is 4.43 Å². The maximum absolute atomic E-state index is 12.3. The molecule has 0 aromatic heterocycles. The molecule has 152 valence electrons. The second kappa shape index (κ2) is 10.9. The summed E-state index contributed by atoms with van der Waals surface area (Å²) < 4.78 is 12.0. The number of rotatable bonds is 9. The van der Waals surface area contributed by atoms with E-state index in [2.05, 4.69) is 38.2 Å². The third-order valence-electron chi connectivity index (χ3n) is 4.11. The Labute approximate surface area is 183 Å². The number of amides is 2. The Kier molecular flexibility index (Phi) is 8.00. The third-order valence-corrected chi connectivity index (χ3v) is 4.55. The Morgan fingerprint density at radius 1 is 1.14 bits per heavy atom. The summed E-state index contributed by atoms with van der Waals surface area (Å²) in [6.45, 7) is 1.44. The molecule has 0 unspecified atom stereocenters. The van der Waals surface area contributed by atoms with Gasteiger partial charge in [-0.2, -0.15) is 0 Å². The van der Waals surface area contributed by atoms with Crippen LogP contribution in [0, 0.1) is 0 Å². The molecule has 0 fully saturated rings. The second-order valence-electron chi connectivity index (χ2n) is 6.24. The van der Waals surface area contributed by atoms with Crippen molar-refractivity contribution in [2.75, 3.05) is 36.1 Å². The number of alkyl halides is 1. The summed E-state index contributed by atoms with van der Waals surface area (Å²) in [6, 6.07) is 14.7. The van der Waals surface area contributed by atoms with E-state index in [4.69, 9.17) is 9.47 Å². The van der Waals surface area contributed by atoms with Crippen molar-refractivity contribution in [3.8, 4) is 5.75 Å². The molecule has 0 bridgehead atoms. The van der Waals surface area contributed by atoms with Crippen LogP contribution in [0.2, 0.25) is 0 Å². The molecule has 7 nitrogen and oxygen atoms in total. The van der Waals surface area contributed by atoms with E-state index in [1.165, 1.54) is 0 Å². The van der Waals surface area contributed by atoms with Gasteiger partial charge in [-0.25, -0.2) is 4.99 Å². The van der Waals surface area contributed by atoms with Crippen LogP contribution in [0.3, 0.4) is 0 Å². The molecule has 1 aliphatic rings. The van der Waals surface area contributed by atoms with Gasteiger partial charge in [-0.3, -0.25) is 9.59 Å². The molecule has 0 spiro atoms. The number of aliphatic imine (C=N–C) groups is 1. The number of carbonyl (C=O) groups excluding carboxylic acids is 2. The van der Waals surface area contributed by atoms with Gasteiger partial charge >= 0.3 is 0 Å². The van der Waals surface area contributed by atoms with Crippen molar-refractivity contribution in [2.45, 2.75) is 6.42 Å². The van der Waals surface area contributed by atoms with Crippen LogP contribution in [0.5, 0.6) is 5.75 Å². The van der Waals surface area contributed by atoms with Crippen molar-refractivity contribution < 1.29 is 19.1 Å². The first-order chi connectivity index (χ1) is 14.2. The van der Waals surface area contributed by atoms with E-state index in [1.807, 2.05) is 42.5 Å². The minimum absolute atomic E-state index is 0.120. The Morgan fingerprint density at radius 3 is 2.79 bits per heavy atom.